The van der Waals surface area contributed by atoms with E-state index in [-0.39, 0.29) is 19.7 Å². The van der Waals surface area contributed by atoms with Crippen LogP contribution in [0, 0.1) is 0 Å². The summed E-state index contributed by atoms with van der Waals surface area (Å²) in [5, 5.41) is 9.38. The molecule has 176 valence electrons. The molecular weight excluding hydrogens is 426 g/mol. The molecule has 1 N–H and O–H groups in total. The number of aliphatic hydroxyl groups excluding tert-OH is 1. The fourth-order valence-electron chi connectivity index (χ4n) is 3.65. The summed E-state index contributed by atoms with van der Waals surface area (Å²) in [6, 6.07) is 14.8. The van der Waals surface area contributed by atoms with Crippen LogP contribution < -0.4 is 9.47 Å². The second-order valence-electron chi connectivity index (χ2n) is 8.07. The number of rotatable bonds is 14. The summed E-state index contributed by atoms with van der Waals surface area (Å²) >= 11 is 0. The molecule has 7 heteroatoms. The average molecular weight is 462 g/mol. The Balaban J connectivity index is 2.42. The van der Waals surface area contributed by atoms with Gasteiger partial charge in [-0.3, -0.25) is 0 Å². The van der Waals surface area contributed by atoms with Crippen molar-refractivity contribution >= 4 is 10.0 Å². The largest absolute Gasteiger partial charge is 0.497 e. The topological polar surface area (TPSA) is 76.1 Å². The van der Waals surface area contributed by atoms with Gasteiger partial charge in [-0.25, -0.2) is 8.42 Å². The van der Waals surface area contributed by atoms with Crippen LogP contribution in [0.25, 0.3) is 0 Å². The van der Waals surface area contributed by atoms with E-state index in [0.717, 1.165) is 22.6 Å². The van der Waals surface area contributed by atoms with Crippen LogP contribution >= 0.6 is 0 Å². The summed E-state index contributed by atoms with van der Waals surface area (Å²) in [4.78, 5) is 0. The zero-order valence-electron chi connectivity index (χ0n) is 19.3. The van der Waals surface area contributed by atoms with Gasteiger partial charge in [0.2, 0.25) is 10.0 Å². The van der Waals surface area contributed by atoms with Crippen LogP contribution in [0.5, 0.6) is 11.5 Å². The molecule has 0 heterocycles. The van der Waals surface area contributed by atoms with Crippen molar-refractivity contribution in [3.05, 3.63) is 72.3 Å². The lowest BCUT2D eigenvalue weighted by molar-refractivity contribution is 0.271. The van der Waals surface area contributed by atoms with Crippen molar-refractivity contribution in [3.8, 4) is 11.5 Å². The van der Waals surface area contributed by atoms with E-state index in [2.05, 4.69) is 6.58 Å². The zero-order chi connectivity index (χ0) is 23.6. The maximum Gasteiger partial charge on any atom is 0.220 e. The van der Waals surface area contributed by atoms with Gasteiger partial charge in [0.15, 0.2) is 0 Å². The highest BCUT2D eigenvalue weighted by molar-refractivity contribution is 7.90. The molecule has 0 saturated heterocycles. The molecule has 0 saturated carbocycles. The van der Waals surface area contributed by atoms with Crippen molar-refractivity contribution in [1.82, 2.24) is 4.31 Å². The third-order valence-electron chi connectivity index (χ3n) is 5.74. The van der Waals surface area contributed by atoms with E-state index < -0.39 is 14.8 Å². The fourth-order valence-corrected chi connectivity index (χ4v) is 5.69. The number of methoxy groups -OCH3 is 2. The minimum atomic E-state index is -3.72. The van der Waals surface area contributed by atoms with Crippen molar-refractivity contribution in [2.75, 3.05) is 20.8 Å². The number of hydrogen-bond acceptors (Lipinski definition) is 5. The second-order valence-corrected chi connectivity index (χ2v) is 10.5. The van der Waals surface area contributed by atoms with Crippen LogP contribution in [-0.2, 0) is 23.1 Å². The molecule has 0 bridgehead atoms. The molecule has 0 spiro atoms. The predicted octanol–water partition coefficient (Wildman–Crippen LogP) is 4.53. The Labute approximate surface area is 192 Å². The standard InChI is InChI=1S/C25H35NO5S/c1-5-6-16-25(2,17-7-18-27)32(28,29)26(19-21-8-12-23(30-3)13-9-21)20-22-10-14-24(31-4)15-11-22/h5,8-15,27H,1,6-7,16-20H2,2-4H3/t25-/m1/s1. The fraction of sp³-hybridized carbons (Fsp3) is 0.440. The molecule has 0 aromatic heterocycles. The van der Waals surface area contributed by atoms with Gasteiger partial charge in [-0.2, -0.15) is 4.31 Å². The van der Waals surface area contributed by atoms with Crippen molar-refractivity contribution < 1.29 is 23.0 Å². The molecule has 6 nitrogen and oxygen atoms in total. The highest BCUT2D eigenvalue weighted by Crippen LogP contribution is 2.34. The van der Waals surface area contributed by atoms with Crippen LogP contribution in [0.15, 0.2) is 61.2 Å². The van der Waals surface area contributed by atoms with Gasteiger partial charge in [0.1, 0.15) is 11.5 Å². The van der Waals surface area contributed by atoms with Gasteiger partial charge in [0.25, 0.3) is 0 Å². The number of benzene rings is 2. The molecule has 0 radical (unpaired) electrons. The first kappa shape index (κ1) is 25.9. The summed E-state index contributed by atoms with van der Waals surface area (Å²) in [6.45, 7) is 5.96. The van der Waals surface area contributed by atoms with E-state index in [1.54, 1.807) is 27.2 Å². The zero-order valence-corrected chi connectivity index (χ0v) is 20.1. The normalized spacial score (nSPS) is 13.5. The number of ether oxygens (including phenoxy) is 2. The Morgan fingerprint density at radius 3 is 1.78 bits per heavy atom. The number of allylic oxidation sites excluding steroid dienone is 1. The smallest absolute Gasteiger partial charge is 0.220 e. The maximum absolute atomic E-state index is 14.0. The van der Waals surface area contributed by atoms with Crippen molar-refractivity contribution in [1.29, 1.82) is 0 Å². The summed E-state index contributed by atoms with van der Waals surface area (Å²) in [6.07, 6.45) is 3.57. The average Bonchev–Trinajstić information content (AvgIpc) is 2.81. The van der Waals surface area contributed by atoms with Gasteiger partial charge in [-0.05, 0) is 68.0 Å². The lowest BCUT2D eigenvalue weighted by atomic mass is 9.99. The molecule has 0 aliphatic heterocycles. The molecule has 32 heavy (non-hydrogen) atoms. The molecule has 1 atom stereocenters. The number of aliphatic hydroxyl groups is 1. The van der Waals surface area contributed by atoms with E-state index in [4.69, 9.17) is 9.47 Å². The molecule has 0 fully saturated rings. The molecule has 2 rings (SSSR count). The summed E-state index contributed by atoms with van der Waals surface area (Å²) in [5.41, 5.74) is 1.74. The van der Waals surface area contributed by atoms with Crippen molar-refractivity contribution in [2.24, 2.45) is 0 Å². The predicted molar refractivity (Wildman–Crippen MR) is 128 cm³/mol. The third kappa shape index (κ3) is 6.58. The Kier molecular flexibility index (Phi) is 9.75. The van der Waals surface area contributed by atoms with Gasteiger partial charge >= 0.3 is 0 Å². The first-order chi connectivity index (χ1) is 15.3. The molecule has 2 aromatic carbocycles. The Hall–Kier alpha value is -2.35. The van der Waals surface area contributed by atoms with Crippen molar-refractivity contribution in [2.45, 2.75) is 50.4 Å². The highest BCUT2D eigenvalue weighted by Gasteiger charge is 2.42. The second kappa shape index (κ2) is 12.0. The molecule has 0 aliphatic rings. The van der Waals surface area contributed by atoms with Crippen LogP contribution in [0.1, 0.15) is 43.7 Å². The van der Waals surface area contributed by atoms with E-state index in [1.165, 1.54) is 4.31 Å². The van der Waals surface area contributed by atoms with Crippen LogP contribution in [-0.4, -0.2) is 43.4 Å². The van der Waals surface area contributed by atoms with E-state index in [0.29, 0.717) is 25.7 Å². The van der Waals surface area contributed by atoms with E-state index >= 15 is 0 Å². The SMILES string of the molecule is C=CCC[C@](C)(CCCO)S(=O)(=O)N(Cc1ccc(OC)cc1)Cc1ccc(OC)cc1. The van der Waals surface area contributed by atoms with Gasteiger partial charge in [0, 0.05) is 19.7 Å². The number of nitrogens with zero attached hydrogens (tertiary/aromatic N) is 1. The van der Waals surface area contributed by atoms with Crippen LogP contribution in [0.2, 0.25) is 0 Å². The Bertz CT molecular complexity index is 892. The lowest BCUT2D eigenvalue weighted by Crippen LogP contribution is -2.46. The molecule has 0 aliphatic carbocycles. The van der Waals surface area contributed by atoms with Gasteiger partial charge < -0.3 is 14.6 Å². The number of sulfonamides is 1. The first-order valence-electron chi connectivity index (χ1n) is 10.8. The molecule has 2 aromatic rings. The van der Waals surface area contributed by atoms with Gasteiger partial charge in [-0.15, -0.1) is 6.58 Å². The quantitative estimate of drug-likeness (QED) is 0.418. The summed E-state index contributed by atoms with van der Waals surface area (Å²) in [5.74, 6) is 1.44. The summed E-state index contributed by atoms with van der Waals surface area (Å²) < 4.78 is 38.9. The Morgan fingerprint density at radius 1 is 0.938 bits per heavy atom. The first-order valence-corrected chi connectivity index (χ1v) is 12.2. The van der Waals surface area contributed by atoms with Crippen molar-refractivity contribution in [3.63, 3.8) is 0 Å². The minimum absolute atomic E-state index is 0.0455. The van der Waals surface area contributed by atoms with Gasteiger partial charge in [0.05, 0.1) is 19.0 Å². The van der Waals surface area contributed by atoms with Gasteiger partial charge in [-0.1, -0.05) is 30.3 Å². The minimum Gasteiger partial charge on any atom is -0.497 e. The molecule has 0 unspecified atom stereocenters. The monoisotopic (exact) mass is 461 g/mol. The third-order valence-corrected chi connectivity index (χ3v) is 8.33. The highest BCUT2D eigenvalue weighted by atomic mass is 32.2. The van der Waals surface area contributed by atoms with Crippen LogP contribution in [0.4, 0.5) is 0 Å². The number of hydrogen-bond donors (Lipinski definition) is 1. The van der Waals surface area contributed by atoms with E-state index in [9.17, 15) is 13.5 Å². The molecular formula is C25H35NO5S. The van der Waals surface area contributed by atoms with E-state index in [1.807, 2.05) is 48.5 Å². The molecule has 0 amide bonds. The lowest BCUT2D eigenvalue weighted by Gasteiger charge is -2.35. The maximum atomic E-state index is 14.0. The summed E-state index contributed by atoms with van der Waals surface area (Å²) in [7, 11) is -0.525. The van der Waals surface area contributed by atoms with Crippen LogP contribution in [0.3, 0.4) is 0 Å². The Morgan fingerprint density at radius 2 is 1.41 bits per heavy atom.